The summed E-state index contributed by atoms with van der Waals surface area (Å²) in [5.41, 5.74) is 0.277. The first-order valence-corrected chi connectivity index (χ1v) is 6.48. The number of carboxylic acid groups (broad SMARTS) is 1. The molecule has 0 aliphatic carbocycles. The molecule has 0 aliphatic rings. The Hall–Kier alpha value is -1.10. The minimum Gasteiger partial charge on any atom is -0.478 e. The Morgan fingerprint density at radius 1 is 1.38 bits per heavy atom. The second kappa shape index (κ2) is 4.82. The van der Waals surface area contributed by atoms with E-state index in [2.05, 4.69) is 0 Å². The van der Waals surface area contributed by atoms with Gasteiger partial charge in [-0.25, -0.2) is 4.79 Å². The molecule has 0 bridgehead atoms. The van der Waals surface area contributed by atoms with Gasteiger partial charge in [0.2, 0.25) is 0 Å². The molecule has 2 nitrogen and oxygen atoms in total. The molecular weight excluding hydrogens is 264 g/mol. The summed E-state index contributed by atoms with van der Waals surface area (Å²) in [6.45, 7) is 0. The van der Waals surface area contributed by atoms with Crippen LogP contribution in [0.25, 0.3) is 11.6 Å². The van der Waals surface area contributed by atoms with E-state index in [-0.39, 0.29) is 5.57 Å². The fourth-order valence-corrected chi connectivity index (χ4v) is 2.92. The second-order valence-corrected chi connectivity index (χ2v) is 5.68. The molecule has 0 aromatic carbocycles. The quantitative estimate of drug-likeness (QED) is 0.853. The van der Waals surface area contributed by atoms with E-state index in [1.807, 2.05) is 17.5 Å². The van der Waals surface area contributed by atoms with Gasteiger partial charge in [0.25, 0.3) is 0 Å². The molecule has 0 saturated carbocycles. The first kappa shape index (κ1) is 11.4. The van der Waals surface area contributed by atoms with Gasteiger partial charge in [0.05, 0.1) is 9.91 Å². The lowest BCUT2D eigenvalue weighted by molar-refractivity contribution is -0.130. The number of thiophene rings is 2. The maximum absolute atomic E-state index is 11.1. The highest BCUT2D eigenvalue weighted by atomic mass is 35.5. The lowest BCUT2D eigenvalue weighted by Gasteiger charge is -1.97. The van der Waals surface area contributed by atoms with E-state index < -0.39 is 5.97 Å². The van der Waals surface area contributed by atoms with Crippen LogP contribution in [0.4, 0.5) is 0 Å². The summed E-state index contributed by atoms with van der Waals surface area (Å²) in [5.74, 6) is -0.938. The smallest absolute Gasteiger partial charge is 0.337 e. The summed E-state index contributed by atoms with van der Waals surface area (Å²) in [7, 11) is 0. The van der Waals surface area contributed by atoms with Crippen LogP contribution >= 0.6 is 34.3 Å². The molecular formula is C11H7ClO2S2. The monoisotopic (exact) mass is 270 g/mol. The SMILES string of the molecule is O=C(O)C(=Cc1cccs1)c1ccc(Cl)s1. The lowest BCUT2D eigenvalue weighted by atomic mass is 10.2. The van der Waals surface area contributed by atoms with Crippen molar-refractivity contribution in [2.75, 3.05) is 0 Å². The maximum Gasteiger partial charge on any atom is 0.337 e. The van der Waals surface area contributed by atoms with E-state index in [4.69, 9.17) is 16.7 Å². The van der Waals surface area contributed by atoms with Gasteiger partial charge < -0.3 is 5.11 Å². The van der Waals surface area contributed by atoms with Gasteiger partial charge in [-0.3, -0.25) is 0 Å². The van der Waals surface area contributed by atoms with Crippen LogP contribution in [0, 0.1) is 0 Å². The van der Waals surface area contributed by atoms with Crippen molar-refractivity contribution in [3.63, 3.8) is 0 Å². The van der Waals surface area contributed by atoms with Crippen molar-refractivity contribution in [2.24, 2.45) is 0 Å². The Kier molecular flexibility index (Phi) is 3.43. The summed E-state index contributed by atoms with van der Waals surface area (Å²) in [6, 6.07) is 7.19. The van der Waals surface area contributed by atoms with Crippen LogP contribution < -0.4 is 0 Å². The molecule has 0 spiro atoms. The highest BCUT2D eigenvalue weighted by Crippen LogP contribution is 2.29. The second-order valence-electron chi connectivity index (χ2n) is 2.98. The third-order valence-electron chi connectivity index (χ3n) is 1.90. The highest BCUT2D eigenvalue weighted by molar-refractivity contribution is 7.17. The lowest BCUT2D eigenvalue weighted by Crippen LogP contribution is -1.97. The summed E-state index contributed by atoms with van der Waals surface area (Å²) in [4.78, 5) is 12.7. The van der Waals surface area contributed by atoms with Crippen molar-refractivity contribution >= 4 is 51.9 Å². The van der Waals surface area contributed by atoms with Gasteiger partial charge >= 0.3 is 5.97 Å². The third kappa shape index (κ3) is 2.52. The minimum absolute atomic E-state index is 0.277. The van der Waals surface area contributed by atoms with E-state index >= 15 is 0 Å². The zero-order chi connectivity index (χ0) is 11.5. The Balaban J connectivity index is 2.42. The topological polar surface area (TPSA) is 37.3 Å². The van der Waals surface area contributed by atoms with Crippen LogP contribution in [0.2, 0.25) is 4.34 Å². The molecule has 2 heterocycles. The standard InChI is InChI=1S/C11H7ClO2S2/c12-10-4-3-9(16-10)8(11(13)14)6-7-2-1-5-15-7/h1-6H,(H,13,14). The van der Waals surface area contributed by atoms with Gasteiger partial charge in [0, 0.05) is 9.75 Å². The Morgan fingerprint density at radius 2 is 2.19 bits per heavy atom. The van der Waals surface area contributed by atoms with E-state index in [0.29, 0.717) is 9.21 Å². The van der Waals surface area contributed by atoms with Crippen molar-refractivity contribution in [3.05, 3.63) is 43.7 Å². The molecule has 82 valence electrons. The number of hydrogen-bond acceptors (Lipinski definition) is 3. The maximum atomic E-state index is 11.1. The van der Waals surface area contributed by atoms with Gasteiger partial charge in [-0.05, 0) is 29.7 Å². The third-order valence-corrected chi connectivity index (χ3v) is 3.98. The molecule has 16 heavy (non-hydrogen) atoms. The summed E-state index contributed by atoms with van der Waals surface area (Å²) in [5, 5.41) is 11.0. The molecule has 0 atom stereocenters. The molecule has 0 fully saturated rings. The van der Waals surface area contributed by atoms with E-state index in [0.717, 1.165) is 4.88 Å². The number of halogens is 1. The van der Waals surface area contributed by atoms with Crippen molar-refractivity contribution in [1.29, 1.82) is 0 Å². The van der Waals surface area contributed by atoms with E-state index in [9.17, 15) is 4.79 Å². The van der Waals surface area contributed by atoms with Crippen molar-refractivity contribution in [1.82, 2.24) is 0 Å². The summed E-state index contributed by atoms with van der Waals surface area (Å²) < 4.78 is 0.591. The molecule has 0 radical (unpaired) electrons. The first-order valence-electron chi connectivity index (χ1n) is 4.41. The number of hydrogen-bond donors (Lipinski definition) is 1. The van der Waals surface area contributed by atoms with Crippen LogP contribution in [0.3, 0.4) is 0 Å². The van der Waals surface area contributed by atoms with Gasteiger partial charge in [0.1, 0.15) is 0 Å². The Labute approximate surface area is 105 Å². The highest BCUT2D eigenvalue weighted by Gasteiger charge is 2.12. The molecule has 5 heteroatoms. The Bertz CT molecular complexity index is 526. The molecule has 2 aromatic rings. The van der Waals surface area contributed by atoms with Gasteiger partial charge in [0.15, 0.2) is 0 Å². The van der Waals surface area contributed by atoms with Crippen LogP contribution in [-0.4, -0.2) is 11.1 Å². The van der Waals surface area contributed by atoms with Crippen molar-refractivity contribution in [2.45, 2.75) is 0 Å². The van der Waals surface area contributed by atoms with Crippen LogP contribution in [-0.2, 0) is 4.79 Å². The number of aliphatic carboxylic acids is 1. The van der Waals surface area contributed by atoms with Gasteiger partial charge in [-0.15, -0.1) is 22.7 Å². The molecule has 0 unspecified atom stereocenters. The predicted octanol–water partition coefficient (Wildman–Crippen LogP) is 4.09. The molecule has 1 N–H and O–H groups in total. The first-order chi connectivity index (χ1) is 7.66. The van der Waals surface area contributed by atoms with Gasteiger partial charge in [-0.2, -0.15) is 0 Å². The van der Waals surface area contributed by atoms with Crippen LogP contribution in [0.1, 0.15) is 9.75 Å². The van der Waals surface area contributed by atoms with Gasteiger partial charge in [-0.1, -0.05) is 17.7 Å². The largest absolute Gasteiger partial charge is 0.478 e. The molecule has 0 aliphatic heterocycles. The fraction of sp³-hybridized carbons (Fsp3) is 0. The Morgan fingerprint density at radius 3 is 2.69 bits per heavy atom. The average Bonchev–Trinajstić information content (AvgIpc) is 2.84. The zero-order valence-corrected chi connectivity index (χ0v) is 10.4. The van der Waals surface area contributed by atoms with Crippen molar-refractivity contribution in [3.8, 4) is 0 Å². The number of carboxylic acids is 1. The number of carbonyl (C=O) groups is 1. The molecule has 0 amide bonds. The minimum atomic E-state index is -0.938. The number of rotatable bonds is 3. The summed E-state index contributed by atoms with van der Waals surface area (Å²) in [6.07, 6.45) is 1.66. The average molecular weight is 271 g/mol. The zero-order valence-electron chi connectivity index (χ0n) is 8.01. The fourth-order valence-electron chi connectivity index (χ4n) is 1.21. The molecule has 2 aromatic heterocycles. The van der Waals surface area contributed by atoms with Crippen molar-refractivity contribution < 1.29 is 9.90 Å². The summed E-state index contributed by atoms with van der Waals surface area (Å²) >= 11 is 8.56. The normalized spacial score (nSPS) is 11.7. The van der Waals surface area contributed by atoms with E-state index in [1.165, 1.54) is 22.7 Å². The van der Waals surface area contributed by atoms with Crippen LogP contribution in [0.5, 0.6) is 0 Å². The molecule has 0 saturated heterocycles. The van der Waals surface area contributed by atoms with E-state index in [1.54, 1.807) is 18.2 Å². The molecule has 2 rings (SSSR count). The van der Waals surface area contributed by atoms with Crippen LogP contribution in [0.15, 0.2) is 29.6 Å². The predicted molar refractivity (Wildman–Crippen MR) is 69.2 cm³/mol.